The topological polar surface area (TPSA) is 38.3 Å². The predicted octanol–water partition coefficient (Wildman–Crippen LogP) is 4.34. The average molecular weight is 328 g/mol. The highest BCUT2D eigenvalue weighted by atomic mass is 35.5. The molecule has 3 rings (SSSR count). The minimum absolute atomic E-state index is 0.0156. The summed E-state index contributed by atoms with van der Waals surface area (Å²) in [6.07, 6.45) is -4.85. The lowest BCUT2D eigenvalue weighted by molar-refractivity contribution is -0.254. The van der Waals surface area contributed by atoms with Crippen LogP contribution in [0, 0.1) is 0 Å². The second-order valence-electron chi connectivity index (χ2n) is 4.75. The molecule has 1 N–H and O–H groups in total. The van der Waals surface area contributed by atoms with Gasteiger partial charge in [-0.05, 0) is 18.2 Å². The number of carbonyl (C=O) groups excluding carboxylic acids is 1. The molecule has 1 atom stereocenters. The van der Waals surface area contributed by atoms with Crippen LogP contribution in [0.3, 0.4) is 0 Å². The van der Waals surface area contributed by atoms with Crippen molar-refractivity contribution in [2.24, 2.45) is 0 Å². The van der Waals surface area contributed by atoms with Crippen LogP contribution < -0.4 is 5.32 Å². The van der Waals surface area contributed by atoms with Gasteiger partial charge in [-0.2, -0.15) is 13.2 Å². The standard InChI is InChI=1S/C15H9ClF3NO2/c16-10-6-7-12-11(8-10)13(21)22-14(20-12,15(17,18)19)9-4-2-1-3-5-9/h1-8,20H/t14-/m0/s1. The predicted molar refractivity (Wildman–Crippen MR) is 74.7 cm³/mol. The lowest BCUT2D eigenvalue weighted by Gasteiger charge is -2.40. The minimum atomic E-state index is -4.85. The molecule has 114 valence electrons. The number of alkyl halides is 3. The SMILES string of the molecule is O=C1O[C@@](c2ccccc2)(C(F)(F)F)Nc2ccc(Cl)cc21. The van der Waals surface area contributed by atoms with Gasteiger partial charge in [0.2, 0.25) is 0 Å². The van der Waals surface area contributed by atoms with E-state index >= 15 is 0 Å². The molecular formula is C15H9ClF3NO2. The number of rotatable bonds is 1. The van der Waals surface area contributed by atoms with Crippen molar-refractivity contribution in [3.8, 4) is 0 Å². The number of fused-ring (bicyclic) bond motifs is 1. The first-order chi connectivity index (χ1) is 10.3. The molecule has 22 heavy (non-hydrogen) atoms. The number of anilines is 1. The van der Waals surface area contributed by atoms with Gasteiger partial charge < -0.3 is 10.1 Å². The molecule has 0 saturated heterocycles. The maximum Gasteiger partial charge on any atom is 0.453 e. The summed E-state index contributed by atoms with van der Waals surface area (Å²) in [5, 5.41) is 2.53. The molecule has 0 amide bonds. The fraction of sp³-hybridized carbons (Fsp3) is 0.133. The maximum absolute atomic E-state index is 13.7. The molecule has 3 nitrogen and oxygen atoms in total. The van der Waals surface area contributed by atoms with Crippen LogP contribution in [-0.4, -0.2) is 12.1 Å². The van der Waals surface area contributed by atoms with Crippen molar-refractivity contribution in [2.75, 3.05) is 5.32 Å². The fourth-order valence-electron chi connectivity index (χ4n) is 2.30. The molecule has 1 heterocycles. The van der Waals surface area contributed by atoms with Gasteiger partial charge in [-0.3, -0.25) is 0 Å². The number of cyclic esters (lactones) is 1. The van der Waals surface area contributed by atoms with Crippen molar-refractivity contribution in [3.05, 3.63) is 64.7 Å². The van der Waals surface area contributed by atoms with E-state index < -0.39 is 17.9 Å². The number of benzene rings is 2. The normalized spacial score (nSPS) is 20.8. The molecule has 0 fully saturated rings. The smallest absolute Gasteiger partial charge is 0.421 e. The third-order valence-electron chi connectivity index (χ3n) is 3.34. The van der Waals surface area contributed by atoms with Crippen LogP contribution in [0.1, 0.15) is 15.9 Å². The number of halogens is 4. The zero-order chi connectivity index (χ0) is 16.0. The lowest BCUT2D eigenvalue weighted by Crippen LogP contribution is -2.54. The van der Waals surface area contributed by atoms with E-state index in [2.05, 4.69) is 5.32 Å². The van der Waals surface area contributed by atoms with Gasteiger partial charge in [0.05, 0.1) is 11.3 Å². The highest BCUT2D eigenvalue weighted by Gasteiger charge is 2.62. The molecule has 0 aliphatic carbocycles. The van der Waals surface area contributed by atoms with Gasteiger partial charge in [0.1, 0.15) is 0 Å². The maximum atomic E-state index is 13.7. The van der Waals surface area contributed by atoms with E-state index in [1.165, 1.54) is 42.5 Å². The van der Waals surface area contributed by atoms with Gasteiger partial charge in [-0.15, -0.1) is 0 Å². The van der Waals surface area contributed by atoms with Crippen molar-refractivity contribution in [1.82, 2.24) is 0 Å². The van der Waals surface area contributed by atoms with E-state index in [0.29, 0.717) is 0 Å². The molecule has 0 spiro atoms. The van der Waals surface area contributed by atoms with Crippen LogP contribution in [-0.2, 0) is 10.5 Å². The van der Waals surface area contributed by atoms with Crippen LogP contribution in [0.4, 0.5) is 18.9 Å². The first-order valence-corrected chi connectivity index (χ1v) is 6.64. The number of hydrogen-bond donors (Lipinski definition) is 1. The Kier molecular flexibility index (Phi) is 3.29. The molecule has 2 aromatic rings. The largest absolute Gasteiger partial charge is 0.453 e. The molecule has 2 aromatic carbocycles. The Morgan fingerprint density at radius 3 is 2.41 bits per heavy atom. The van der Waals surface area contributed by atoms with Crippen LogP contribution in [0.2, 0.25) is 5.02 Å². The summed E-state index contributed by atoms with van der Waals surface area (Å²) >= 11 is 5.76. The van der Waals surface area contributed by atoms with Gasteiger partial charge in [-0.25, -0.2) is 4.79 Å². The van der Waals surface area contributed by atoms with E-state index in [0.717, 1.165) is 0 Å². The van der Waals surface area contributed by atoms with Crippen molar-refractivity contribution in [2.45, 2.75) is 11.9 Å². The summed E-state index contributed by atoms with van der Waals surface area (Å²) in [5.41, 5.74) is -3.16. The van der Waals surface area contributed by atoms with Crippen molar-refractivity contribution in [1.29, 1.82) is 0 Å². The van der Waals surface area contributed by atoms with Crippen molar-refractivity contribution < 1.29 is 22.7 Å². The van der Waals surface area contributed by atoms with E-state index in [9.17, 15) is 18.0 Å². The molecule has 0 unspecified atom stereocenters. The zero-order valence-electron chi connectivity index (χ0n) is 10.9. The average Bonchev–Trinajstić information content (AvgIpc) is 2.47. The molecule has 7 heteroatoms. The Hall–Kier alpha value is -2.21. The number of ether oxygens (including phenoxy) is 1. The van der Waals surface area contributed by atoms with E-state index in [1.807, 2.05) is 0 Å². The molecule has 1 aliphatic heterocycles. The van der Waals surface area contributed by atoms with E-state index in [-0.39, 0.29) is 21.8 Å². The Bertz CT molecular complexity index is 733. The number of nitrogens with one attached hydrogen (secondary N) is 1. The molecule has 1 aliphatic rings. The number of carbonyl (C=O) groups is 1. The van der Waals surface area contributed by atoms with E-state index in [1.54, 1.807) is 6.07 Å². The Morgan fingerprint density at radius 2 is 1.77 bits per heavy atom. The molecule has 0 radical (unpaired) electrons. The van der Waals surface area contributed by atoms with Crippen molar-refractivity contribution in [3.63, 3.8) is 0 Å². The van der Waals surface area contributed by atoms with E-state index in [4.69, 9.17) is 16.3 Å². The third kappa shape index (κ3) is 2.20. The summed E-state index contributed by atoms with van der Waals surface area (Å²) in [6, 6.07) is 10.9. The zero-order valence-corrected chi connectivity index (χ0v) is 11.7. The summed E-state index contributed by atoms with van der Waals surface area (Å²) in [4.78, 5) is 12.1. The summed E-state index contributed by atoms with van der Waals surface area (Å²) < 4.78 is 45.8. The highest BCUT2D eigenvalue weighted by Crippen LogP contribution is 2.46. The summed E-state index contributed by atoms with van der Waals surface area (Å²) in [5.74, 6) is -1.09. The second kappa shape index (κ2) is 4.91. The lowest BCUT2D eigenvalue weighted by atomic mass is 9.98. The van der Waals surface area contributed by atoms with Crippen LogP contribution >= 0.6 is 11.6 Å². The van der Waals surface area contributed by atoms with Crippen molar-refractivity contribution >= 4 is 23.3 Å². The number of hydrogen-bond acceptors (Lipinski definition) is 3. The number of esters is 1. The molecule has 0 aromatic heterocycles. The summed E-state index contributed by atoms with van der Waals surface area (Å²) in [6.45, 7) is 0. The first kappa shape index (κ1) is 14.7. The quantitative estimate of drug-likeness (QED) is 0.792. The minimum Gasteiger partial charge on any atom is -0.421 e. The van der Waals surface area contributed by atoms with Gasteiger partial charge in [0.15, 0.2) is 0 Å². The first-order valence-electron chi connectivity index (χ1n) is 6.27. The Labute approximate surface area is 128 Å². The van der Waals surface area contributed by atoms with Crippen LogP contribution in [0.25, 0.3) is 0 Å². The van der Waals surface area contributed by atoms with Gasteiger partial charge >= 0.3 is 17.9 Å². The fourth-order valence-corrected chi connectivity index (χ4v) is 2.47. The molecule has 0 saturated carbocycles. The van der Waals surface area contributed by atoms with Crippen LogP contribution in [0.15, 0.2) is 48.5 Å². The third-order valence-corrected chi connectivity index (χ3v) is 3.57. The van der Waals surface area contributed by atoms with Gasteiger partial charge in [0, 0.05) is 10.6 Å². The van der Waals surface area contributed by atoms with Gasteiger partial charge in [-0.1, -0.05) is 41.9 Å². The summed E-state index contributed by atoms with van der Waals surface area (Å²) in [7, 11) is 0. The van der Waals surface area contributed by atoms with Gasteiger partial charge in [0.25, 0.3) is 0 Å². The monoisotopic (exact) mass is 327 g/mol. The molecule has 0 bridgehead atoms. The second-order valence-corrected chi connectivity index (χ2v) is 5.19. The Morgan fingerprint density at radius 1 is 1.09 bits per heavy atom. The highest BCUT2D eigenvalue weighted by molar-refractivity contribution is 6.31. The Balaban J connectivity index is 2.18. The molecular weight excluding hydrogens is 319 g/mol. The van der Waals surface area contributed by atoms with Crippen LogP contribution in [0.5, 0.6) is 0 Å².